The first-order valence-corrected chi connectivity index (χ1v) is 8.30. The summed E-state index contributed by atoms with van der Waals surface area (Å²) in [5.74, 6) is 0. The van der Waals surface area contributed by atoms with Crippen LogP contribution in [0, 0.1) is 5.41 Å². The molecule has 0 aromatic heterocycles. The first-order chi connectivity index (χ1) is 8.18. The molecule has 0 aliphatic carbocycles. The van der Waals surface area contributed by atoms with E-state index in [9.17, 15) is 8.42 Å². The first-order valence-electron chi connectivity index (χ1n) is 5.23. The molecule has 1 aromatic rings. The second-order valence-corrected chi connectivity index (χ2v) is 8.23. The highest BCUT2D eigenvalue weighted by Gasteiger charge is 2.23. The molecule has 0 aliphatic rings. The molecule has 0 amide bonds. The van der Waals surface area contributed by atoms with Gasteiger partial charge in [-0.2, -0.15) is 0 Å². The second-order valence-electron chi connectivity index (χ2n) is 4.72. The molecule has 0 unspecified atom stereocenters. The number of hydrogen-bond donors (Lipinski definition) is 2. The molecule has 1 rings (SSSR count). The molecule has 4 nitrogen and oxygen atoms in total. The van der Waals surface area contributed by atoms with E-state index in [2.05, 4.69) is 36.6 Å². The third-order valence-electron chi connectivity index (χ3n) is 2.35. The molecule has 0 saturated heterocycles. The third kappa shape index (κ3) is 4.31. The minimum absolute atomic E-state index is 0.0881. The third-order valence-corrected chi connectivity index (χ3v) is 5.24. The zero-order valence-corrected chi connectivity index (χ0v) is 14.1. The Bertz CT molecular complexity index is 529. The van der Waals surface area contributed by atoms with Crippen molar-refractivity contribution >= 4 is 41.9 Å². The van der Waals surface area contributed by atoms with Crippen LogP contribution in [-0.2, 0) is 10.0 Å². The van der Waals surface area contributed by atoms with Gasteiger partial charge in [-0.15, -0.1) is 0 Å². The van der Waals surface area contributed by atoms with E-state index in [1.807, 2.05) is 0 Å². The standard InChI is InChI=1S/C11H15Br2NO3S/c1-11(2,7-15)6-14-18(16,17)10-5-8(12)3-4-9(10)13/h3-5,14-15H,6-7H2,1-2H3. The van der Waals surface area contributed by atoms with Crippen molar-refractivity contribution in [2.45, 2.75) is 18.7 Å². The number of sulfonamides is 1. The lowest BCUT2D eigenvalue weighted by molar-refractivity contribution is 0.163. The minimum atomic E-state index is -3.59. The Hall–Kier alpha value is 0.0500. The van der Waals surface area contributed by atoms with Gasteiger partial charge >= 0.3 is 0 Å². The van der Waals surface area contributed by atoms with Crippen LogP contribution in [0.3, 0.4) is 0 Å². The van der Waals surface area contributed by atoms with Crippen molar-refractivity contribution in [2.24, 2.45) is 5.41 Å². The van der Waals surface area contributed by atoms with Crippen LogP contribution in [0.1, 0.15) is 13.8 Å². The van der Waals surface area contributed by atoms with Gasteiger partial charge in [-0.3, -0.25) is 0 Å². The maximum atomic E-state index is 12.1. The van der Waals surface area contributed by atoms with Gasteiger partial charge in [0.2, 0.25) is 10.0 Å². The Morgan fingerprint density at radius 2 is 1.94 bits per heavy atom. The van der Waals surface area contributed by atoms with Crippen LogP contribution in [0.5, 0.6) is 0 Å². The molecule has 2 N–H and O–H groups in total. The fraction of sp³-hybridized carbons (Fsp3) is 0.455. The summed E-state index contributed by atoms with van der Waals surface area (Å²) < 4.78 is 27.9. The molecule has 0 heterocycles. The normalized spacial score (nSPS) is 12.7. The van der Waals surface area contributed by atoms with Crippen LogP contribution in [0.2, 0.25) is 0 Å². The highest BCUT2D eigenvalue weighted by Crippen LogP contribution is 2.26. The van der Waals surface area contributed by atoms with E-state index < -0.39 is 15.4 Å². The van der Waals surface area contributed by atoms with Gasteiger partial charge in [0.25, 0.3) is 0 Å². The maximum absolute atomic E-state index is 12.1. The molecular formula is C11H15Br2NO3S. The lowest BCUT2D eigenvalue weighted by Gasteiger charge is -2.22. The summed E-state index contributed by atoms with van der Waals surface area (Å²) in [6.07, 6.45) is 0. The van der Waals surface area contributed by atoms with Gasteiger partial charge < -0.3 is 5.11 Å². The van der Waals surface area contributed by atoms with Crippen molar-refractivity contribution in [3.8, 4) is 0 Å². The van der Waals surface area contributed by atoms with E-state index in [1.165, 1.54) is 6.07 Å². The molecule has 102 valence electrons. The molecule has 0 bridgehead atoms. The van der Waals surface area contributed by atoms with Gasteiger partial charge in [-0.05, 0) is 34.1 Å². The van der Waals surface area contributed by atoms with Gasteiger partial charge in [0.1, 0.15) is 0 Å². The van der Waals surface area contributed by atoms with Crippen LogP contribution in [0.25, 0.3) is 0 Å². The predicted molar refractivity (Wildman–Crippen MR) is 77.9 cm³/mol. The summed E-state index contributed by atoms with van der Waals surface area (Å²) in [6.45, 7) is 3.65. The lowest BCUT2D eigenvalue weighted by Crippen LogP contribution is -2.36. The number of halogens is 2. The smallest absolute Gasteiger partial charge is 0.241 e. The SMILES string of the molecule is CC(C)(CO)CNS(=O)(=O)c1cc(Br)ccc1Br. The molecule has 0 saturated carbocycles. The number of aliphatic hydroxyl groups excluding tert-OH is 1. The second kappa shape index (κ2) is 6.00. The number of aliphatic hydroxyl groups is 1. The van der Waals surface area contributed by atoms with Crippen LogP contribution < -0.4 is 4.72 Å². The van der Waals surface area contributed by atoms with Crippen LogP contribution in [-0.4, -0.2) is 26.7 Å². The van der Waals surface area contributed by atoms with Crippen molar-refractivity contribution in [3.05, 3.63) is 27.1 Å². The van der Waals surface area contributed by atoms with E-state index in [0.29, 0.717) is 8.95 Å². The minimum Gasteiger partial charge on any atom is -0.396 e. The summed E-state index contributed by atoms with van der Waals surface area (Å²) in [5.41, 5.74) is -0.494. The summed E-state index contributed by atoms with van der Waals surface area (Å²) in [4.78, 5) is 0.172. The van der Waals surface area contributed by atoms with Crippen molar-refractivity contribution in [1.82, 2.24) is 4.72 Å². The van der Waals surface area contributed by atoms with Crippen LogP contribution >= 0.6 is 31.9 Å². The summed E-state index contributed by atoms with van der Waals surface area (Å²) in [5, 5.41) is 9.11. The molecule has 0 atom stereocenters. The predicted octanol–water partition coefficient (Wildman–Crippen LogP) is 2.51. The highest BCUT2D eigenvalue weighted by atomic mass is 79.9. The van der Waals surface area contributed by atoms with Crippen molar-refractivity contribution in [3.63, 3.8) is 0 Å². The van der Waals surface area contributed by atoms with Crippen molar-refractivity contribution in [1.29, 1.82) is 0 Å². The molecule has 7 heteroatoms. The van der Waals surface area contributed by atoms with Crippen molar-refractivity contribution in [2.75, 3.05) is 13.2 Å². The van der Waals surface area contributed by atoms with Gasteiger partial charge in [0.05, 0.1) is 4.90 Å². The van der Waals surface area contributed by atoms with Crippen LogP contribution in [0.4, 0.5) is 0 Å². The Morgan fingerprint density at radius 1 is 1.33 bits per heavy atom. The van der Waals surface area contributed by atoms with Gasteiger partial charge in [0.15, 0.2) is 0 Å². The average Bonchev–Trinajstić information content (AvgIpc) is 2.30. The fourth-order valence-corrected chi connectivity index (χ4v) is 3.85. The molecule has 0 radical (unpaired) electrons. The Balaban J connectivity index is 2.97. The van der Waals surface area contributed by atoms with E-state index in [1.54, 1.807) is 26.0 Å². The number of benzene rings is 1. The molecule has 0 aliphatic heterocycles. The quantitative estimate of drug-likeness (QED) is 0.797. The summed E-state index contributed by atoms with van der Waals surface area (Å²) in [7, 11) is -3.59. The van der Waals surface area contributed by atoms with E-state index in [0.717, 1.165) is 0 Å². The van der Waals surface area contributed by atoms with Gasteiger partial charge in [-0.25, -0.2) is 13.1 Å². The van der Waals surface area contributed by atoms with E-state index in [-0.39, 0.29) is 18.0 Å². The monoisotopic (exact) mass is 399 g/mol. The Morgan fingerprint density at radius 3 is 2.50 bits per heavy atom. The first kappa shape index (κ1) is 16.1. The Labute approximate surface area is 124 Å². The molecule has 18 heavy (non-hydrogen) atoms. The number of nitrogens with one attached hydrogen (secondary N) is 1. The molecule has 1 aromatic carbocycles. The zero-order chi connectivity index (χ0) is 14.0. The van der Waals surface area contributed by atoms with E-state index in [4.69, 9.17) is 5.11 Å². The topological polar surface area (TPSA) is 66.4 Å². The number of hydrogen-bond acceptors (Lipinski definition) is 3. The summed E-state index contributed by atoms with van der Waals surface area (Å²) in [6, 6.07) is 4.94. The fourth-order valence-electron chi connectivity index (χ4n) is 1.11. The zero-order valence-electron chi connectivity index (χ0n) is 10.1. The Kier molecular flexibility index (Phi) is 5.37. The molecule has 0 fully saturated rings. The molecule has 0 spiro atoms. The summed E-state index contributed by atoms with van der Waals surface area (Å²) >= 11 is 6.45. The number of rotatable bonds is 5. The average molecular weight is 401 g/mol. The molecular weight excluding hydrogens is 386 g/mol. The van der Waals surface area contributed by atoms with Gasteiger partial charge in [-0.1, -0.05) is 29.8 Å². The highest BCUT2D eigenvalue weighted by molar-refractivity contribution is 9.11. The van der Waals surface area contributed by atoms with Crippen molar-refractivity contribution < 1.29 is 13.5 Å². The largest absolute Gasteiger partial charge is 0.396 e. The van der Waals surface area contributed by atoms with E-state index >= 15 is 0 Å². The maximum Gasteiger partial charge on any atom is 0.241 e. The van der Waals surface area contributed by atoms with Gasteiger partial charge in [0, 0.05) is 27.5 Å². The lowest BCUT2D eigenvalue weighted by atomic mass is 9.96. The van der Waals surface area contributed by atoms with Crippen LogP contribution in [0.15, 0.2) is 32.0 Å².